The highest BCUT2D eigenvalue weighted by Gasteiger charge is 2.21. The van der Waals surface area contributed by atoms with Gasteiger partial charge in [0.15, 0.2) is 5.82 Å². The van der Waals surface area contributed by atoms with Crippen molar-refractivity contribution in [2.45, 2.75) is 13.3 Å². The number of phenols is 1. The van der Waals surface area contributed by atoms with E-state index in [1.807, 2.05) is 61.5 Å². The summed E-state index contributed by atoms with van der Waals surface area (Å²) >= 11 is 0. The molecule has 6 rings (SSSR count). The van der Waals surface area contributed by atoms with E-state index in [1.165, 1.54) is 5.56 Å². The molecule has 2 aliphatic rings. The molecule has 0 saturated carbocycles. The van der Waals surface area contributed by atoms with Crippen molar-refractivity contribution < 1.29 is 5.11 Å². The number of aromatic nitrogens is 3. The summed E-state index contributed by atoms with van der Waals surface area (Å²) < 4.78 is 1.63. The number of hydrogen-bond donors (Lipinski definition) is 2. The van der Waals surface area contributed by atoms with Crippen LogP contribution in [0.25, 0.3) is 39.1 Å². The fraction of sp³-hybridized carbons (Fsp3) is 0.0667. The molecule has 0 fully saturated rings. The Bertz CT molecular complexity index is 1690. The summed E-state index contributed by atoms with van der Waals surface area (Å²) in [5.74, 6) is 0.784. The number of benzene rings is 4. The van der Waals surface area contributed by atoms with Crippen LogP contribution in [0.5, 0.6) is 5.75 Å². The van der Waals surface area contributed by atoms with Crippen LogP contribution in [0.2, 0.25) is 0 Å². The summed E-state index contributed by atoms with van der Waals surface area (Å²) in [6.07, 6.45) is 2.26. The van der Waals surface area contributed by atoms with Crippen LogP contribution in [-0.4, -0.2) is 19.6 Å². The van der Waals surface area contributed by atoms with Crippen LogP contribution in [0.1, 0.15) is 16.8 Å². The van der Waals surface area contributed by atoms with Crippen LogP contribution in [0.15, 0.2) is 102 Å². The third-order valence-electron chi connectivity index (χ3n) is 6.38. The summed E-state index contributed by atoms with van der Waals surface area (Å²) in [7, 11) is 0. The van der Waals surface area contributed by atoms with Gasteiger partial charge in [0.25, 0.3) is 5.56 Å². The van der Waals surface area contributed by atoms with Crippen molar-refractivity contribution in [2.75, 3.05) is 0 Å². The minimum absolute atomic E-state index is 0.128. The summed E-state index contributed by atoms with van der Waals surface area (Å²) in [6.45, 7) is 2.05. The van der Waals surface area contributed by atoms with E-state index in [2.05, 4.69) is 29.2 Å². The molecule has 2 aliphatic heterocycles. The molecule has 0 radical (unpaired) electrons. The SMILES string of the molecule is Cc1ccc(Cc2nc3c(-c4ccc5ccccc5c4)[nH]c(-c4ccc(O)cc4)cn-3c2=O)cc1. The van der Waals surface area contributed by atoms with Crippen LogP contribution >= 0.6 is 0 Å². The van der Waals surface area contributed by atoms with E-state index >= 15 is 0 Å². The van der Waals surface area contributed by atoms with Crippen LogP contribution < -0.4 is 5.56 Å². The first-order valence-electron chi connectivity index (χ1n) is 11.5. The van der Waals surface area contributed by atoms with Gasteiger partial charge in [-0.1, -0.05) is 66.2 Å². The maximum absolute atomic E-state index is 13.5. The van der Waals surface area contributed by atoms with Gasteiger partial charge in [0.2, 0.25) is 0 Å². The molecule has 0 amide bonds. The molecular weight excluding hydrogens is 434 g/mol. The van der Waals surface area contributed by atoms with E-state index in [9.17, 15) is 9.90 Å². The molecule has 35 heavy (non-hydrogen) atoms. The molecule has 0 saturated heterocycles. The number of aromatic hydroxyl groups is 1. The van der Waals surface area contributed by atoms with E-state index in [0.717, 1.165) is 38.9 Å². The highest BCUT2D eigenvalue weighted by atomic mass is 16.3. The van der Waals surface area contributed by atoms with Gasteiger partial charge in [-0.15, -0.1) is 0 Å². The summed E-state index contributed by atoms with van der Waals surface area (Å²) in [4.78, 5) is 21.8. The van der Waals surface area contributed by atoms with Gasteiger partial charge in [0, 0.05) is 18.2 Å². The number of H-pyrrole nitrogens is 1. The Balaban J connectivity index is 1.56. The summed E-state index contributed by atoms with van der Waals surface area (Å²) in [5.41, 5.74) is 5.94. The molecule has 170 valence electrons. The van der Waals surface area contributed by atoms with E-state index in [1.54, 1.807) is 22.9 Å². The average Bonchev–Trinajstić information content (AvgIpc) is 3.20. The number of imidazole rings is 1. The fourth-order valence-electron chi connectivity index (χ4n) is 4.46. The second-order valence-corrected chi connectivity index (χ2v) is 8.87. The molecule has 2 heterocycles. The lowest BCUT2D eigenvalue weighted by Crippen LogP contribution is -2.16. The Morgan fingerprint density at radius 2 is 1.57 bits per heavy atom. The van der Waals surface area contributed by atoms with Gasteiger partial charge >= 0.3 is 0 Å². The number of rotatable bonds is 4. The lowest BCUT2D eigenvalue weighted by molar-refractivity contribution is 0.475. The van der Waals surface area contributed by atoms with Gasteiger partial charge in [-0.05, 0) is 59.2 Å². The molecular formula is C30H23N3O2. The Morgan fingerprint density at radius 1 is 0.857 bits per heavy atom. The second kappa shape index (κ2) is 8.29. The third-order valence-corrected chi connectivity index (χ3v) is 6.38. The smallest absolute Gasteiger partial charge is 0.278 e. The van der Waals surface area contributed by atoms with E-state index in [4.69, 9.17) is 4.98 Å². The predicted molar refractivity (Wildman–Crippen MR) is 139 cm³/mol. The monoisotopic (exact) mass is 457 g/mol. The van der Waals surface area contributed by atoms with E-state index < -0.39 is 0 Å². The molecule has 0 atom stereocenters. The normalized spacial score (nSPS) is 11.3. The Kier molecular flexibility index (Phi) is 4.96. The average molecular weight is 458 g/mol. The zero-order valence-electron chi connectivity index (χ0n) is 19.2. The van der Waals surface area contributed by atoms with Crippen molar-refractivity contribution in [3.63, 3.8) is 0 Å². The molecule has 5 nitrogen and oxygen atoms in total. The maximum atomic E-state index is 13.5. The van der Waals surface area contributed by atoms with E-state index in [-0.39, 0.29) is 11.3 Å². The molecule has 0 unspecified atom stereocenters. The number of nitrogens with zero attached hydrogens (tertiary/aromatic N) is 2. The molecule has 0 aromatic heterocycles. The first-order chi connectivity index (χ1) is 17.0. The second-order valence-electron chi connectivity index (χ2n) is 8.87. The molecule has 4 aromatic rings. The number of nitrogens with one attached hydrogen (secondary N) is 1. The van der Waals surface area contributed by atoms with E-state index in [0.29, 0.717) is 17.9 Å². The number of phenolic OH excluding ortho intramolecular Hbond substituents is 1. The lowest BCUT2D eigenvalue weighted by atomic mass is 10.0. The van der Waals surface area contributed by atoms with Crippen LogP contribution in [-0.2, 0) is 6.42 Å². The molecule has 0 spiro atoms. The zero-order valence-corrected chi connectivity index (χ0v) is 19.2. The third kappa shape index (κ3) is 3.87. The van der Waals surface area contributed by atoms with Gasteiger partial charge in [-0.2, -0.15) is 0 Å². The van der Waals surface area contributed by atoms with Crippen LogP contribution in [0.3, 0.4) is 0 Å². The number of aryl methyl sites for hydroxylation is 1. The van der Waals surface area contributed by atoms with Gasteiger partial charge in [0.05, 0.1) is 11.4 Å². The van der Waals surface area contributed by atoms with Gasteiger partial charge in [0.1, 0.15) is 11.4 Å². The minimum Gasteiger partial charge on any atom is -0.508 e. The standard InChI is InChI=1S/C30H23N3O2/c1-19-6-8-20(9-7-19)16-26-30(35)33-18-27(22-12-14-25(34)15-13-22)31-28(29(33)32-26)24-11-10-21-4-2-3-5-23(21)17-24/h2-15,17-18,31,34H,16H2,1H3. The maximum Gasteiger partial charge on any atom is 0.278 e. The molecule has 0 bridgehead atoms. The van der Waals surface area contributed by atoms with Crippen LogP contribution in [0.4, 0.5) is 0 Å². The largest absolute Gasteiger partial charge is 0.508 e. The topological polar surface area (TPSA) is 70.9 Å². The quantitative estimate of drug-likeness (QED) is 0.336. The number of aromatic amines is 1. The van der Waals surface area contributed by atoms with Gasteiger partial charge in [-0.3, -0.25) is 9.36 Å². The van der Waals surface area contributed by atoms with Crippen molar-refractivity contribution >= 4 is 10.8 Å². The van der Waals surface area contributed by atoms with Crippen molar-refractivity contribution in [1.82, 2.24) is 14.5 Å². The molecule has 2 N–H and O–H groups in total. The highest BCUT2D eigenvalue weighted by Crippen LogP contribution is 2.31. The molecule has 5 heteroatoms. The van der Waals surface area contributed by atoms with Crippen molar-refractivity contribution in [2.24, 2.45) is 0 Å². The zero-order chi connectivity index (χ0) is 23.9. The minimum atomic E-state index is -0.128. The predicted octanol–water partition coefficient (Wildman–Crippen LogP) is 6.09. The van der Waals surface area contributed by atoms with Crippen molar-refractivity contribution in [1.29, 1.82) is 0 Å². The molecule has 0 aliphatic carbocycles. The lowest BCUT2D eigenvalue weighted by Gasteiger charge is -2.14. The Labute approximate surface area is 202 Å². The molecule has 4 aromatic carbocycles. The first-order valence-corrected chi connectivity index (χ1v) is 11.5. The highest BCUT2D eigenvalue weighted by molar-refractivity contribution is 5.88. The van der Waals surface area contributed by atoms with Gasteiger partial charge in [-0.25, -0.2) is 4.98 Å². The Morgan fingerprint density at radius 3 is 2.34 bits per heavy atom. The number of hydrogen-bond acceptors (Lipinski definition) is 3. The summed E-state index contributed by atoms with van der Waals surface area (Å²) in [5, 5.41) is 12.0. The summed E-state index contributed by atoms with van der Waals surface area (Å²) in [6, 6.07) is 29.5. The first kappa shape index (κ1) is 20.9. The van der Waals surface area contributed by atoms with Crippen LogP contribution in [0, 0.1) is 6.92 Å². The fourth-order valence-corrected chi connectivity index (χ4v) is 4.46. The van der Waals surface area contributed by atoms with Crippen molar-refractivity contribution in [3.8, 4) is 34.1 Å². The van der Waals surface area contributed by atoms with Gasteiger partial charge < -0.3 is 10.1 Å². The Hall–Kier alpha value is -4.64. The number of fused-ring (bicyclic) bond motifs is 2. The van der Waals surface area contributed by atoms with Crippen molar-refractivity contribution in [3.05, 3.63) is 124 Å².